The highest BCUT2D eigenvalue weighted by Crippen LogP contribution is 2.39. The Kier molecular flexibility index (Phi) is 10.6. The molecule has 0 saturated heterocycles. The zero-order valence-electron chi connectivity index (χ0n) is 25.7. The summed E-state index contributed by atoms with van der Waals surface area (Å²) in [5.74, 6) is 3.39. The summed E-state index contributed by atoms with van der Waals surface area (Å²) < 4.78 is 46.0. The normalized spacial score (nSPS) is 11.1. The minimum absolute atomic E-state index is 0.0236. The van der Waals surface area contributed by atoms with Gasteiger partial charge in [-0.05, 0) is 36.1 Å². The molecule has 14 nitrogen and oxygen atoms in total. The number of nitrogens with zero attached hydrogens (tertiary/aromatic N) is 4. The van der Waals surface area contributed by atoms with Gasteiger partial charge in [0.2, 0.25) is 11.9 Å². The third-order valence-corrected chi connectivity index (χ3v) is 7.32. The second-order valence-corrected chi connectivity index (χ2v) is 12.2. The number of anilines is 4. The lowest BCUT2D eigenvalue weighted by Crippen LogP contribution is -2.06. The molecule has 0 aliphatic heterocycles. The second-order valence-electron chi connectivity index (χ2n) is 10.2. The lowest BCUT2D eigenvalue weighted by atomic mass is 10.0. The van der Waals surface area contributed by atoms with Crippen LogP contribution in [0.5, 0.6) is 34.5 Å². The molecule has 8 N–H and O–H groups in total. The van der Waals surface area contributed by atoms with Crippen molar-refractivity contribution in [2.45, 2.75) is 44.4 Å². The van der Waals surface area contributed by atoms with Crippen LogP contribution in [-0.4, -0.2) is 48.8 Å². The minimum atomic E-state index is -3.51. The smallest absolute Gasteiger partial charge is 0.222 e. The number of aromatic nitrogens is 4. The number of ether oxygens (including phenoxy) is 4. The van der Waals surface area contributed by atoms with E-state index >= 15 is 0 Å². The molecule has 2 aromatic heterocycles. The number of methoxy groups -OCH3 is 2. The summed E-state index contributed by atoms with van der Waals surface area (Å²) in [6, 6.07) is 8.66. The summed E-state index contributed by atoms with van der Waals surface area (Å²) in [5, 5.41) is 0. The standard InChI is InChI=1S/C15H20N4O4S.C14H18N4O2/c1-8(2)9-5-11(22-3)13(24(4,20)21)6-10(9)23-12-7-18-15(17)19-14(12)16;1-8(2)10-6-9(19-3)4-5-11(10)20-12-7-17-14(16)18-13(12)15/h5-8H,1-4H3,(H4,16,17,18,19);4-8H,1-3H3,(H4,15,16,17,18). The lowest BCUT2D eigenvalue weighted by molar-refractivity contribution is 0.398. The molecular formula is C29H38N8O6S. The van der Waals surface area contributed by atoms with E-state index in [1.807, 2.05) is 32.0 Å². The molecule has 0 radical (unpaired) electrons. The molecule has 15 heteroatoms. The minimum Gasteiger partial charge on any atom is -0.497 e. The van der Waals surface area contributed by atoms with Gasteiger partial charge in [-0.2, -0.15) is 9.97 Å². The first kappa shape index (κ1) is 33.5. The topological polar surface area (TPSA) is 227 Å². The highest BCUT2D eigenvalue weighted by Gasteiger charge is 2.21. The molecule has 0 saturated carbocycles. The first-order valence-electron chi connectivity index (χ1n) is 13.4. The molecule has 0 fully saturated rings. The maximum Gasteiger partial charge on any atom is 0.222 e. The van der Waals surface area contributed by atoms with Crippen LogP contribution in [0.2, 0.25) is 0 Å². The first-order chi connectivity index (χ1) is 20.6. The van der Waals surface area contributed by atoms with Gasteiger partial charge in [0, 0.05) is 23.4 Å². The molecule has 0 aliphatic rings. The van der Waals surface area contributed by atoms with E-state index in [1.54, 1.807) is 13.2 Å². The number of rotatable bonds is 9. The maximum absolute atomic E-state index is 12.0. The van der Waals surface area contributed by atoms with Crippen LogP contribution in [0.15, 0.2) is 47.6 Å². The van der Waals surface area contributed by atoms with E-state index in [2.05, 4.69) is 33.8 Å². The Morgan fingerprint density at radius 2 is 1.16 bits per heavy atom. The molecular weight excluding hydrogens is 588 g/mol. The van der Waals surface area contributed by atoms with Crippen molar-refractivity contribution < 1.29 is 27.4 Å². The number of nitrogens with two attached hydrogens (primary N) is 4. The van der Waals surface area contributed by atoms with Crippen LogP contribution in [0.4, 0.5) is 23.5 Å². The highest BCUT2D eigenvalue weighted by molar-refractivity contribution is 7.90. The molecule has 0 spiro atoms. The highest BCUT2D eigenvalue weighted by atomic mass is 32.2. The Hall–Kier alpha value is -5.05. The predicted molar refractivity (Wildman–Crippen MR) is 169 cm³/mol. The van der Waals surface area contributed by atoms with E-state index in [9.17, 15) is 8.42 Å². The molecule has 0 atom stereocenters. The first-order valence-corrected chi connectivity index (χ1v) is 15.2. The number of hydrogen-bond donors (Lipinski definition) is 4. The molecule has 4 aromatic rings. The van der Waals surface area contributed by atoms with Crippen LogP contribution in [0.1, 0.15) is 50.7 Å². The molecule has 2 aromatic carbocycles. The Morgan fingerprint density at radius 3 is 1.59 bits per heavy atom. The molecule has 0 bridgehead atoms. The monoisotopic (exact) mass is 626 g/mol. The molecule has 236 valence electrons. The van der Waals surface area contributed by atoms with E-state index < -0.39 is 9.84 Å². The van der Waals surface area contributed by atoms with E-state index in [4.69, 9.17) is 41.9 Å². The van der Waals surface area contributed by atoms with Gasteiger partial charge in [-0.15, -0.1) is 0 Å². The number of nitrogen functional groups attached to an aromatic ring is 4. The third kappa shape index (κ3) is 8.28. The molecule has 2 heterocycles. The van der Waals surface area contributed by atoms with Crippen molar-refractivity contribution in [3.8, 4) is 34.5 Å². The number of hydrogen-bond acceptors (Lipinski definition) is 14. The predicted octanol–water partition coefficient (Wildman–Crippen LogP) is 4.53. The van der Waals surface area contributed by atoms with Gasteiger partial charge in [0.1, 0.15) is 27.9 Å². The van der Waals surface area contributed by atoms with Crippen molar-refractivity contribution in [3.63, 3.8) is 0 Å². The lowest BCUT2D eigenvalue weighted by Gasteiger charge is -2.18. The van der Waals surface area contributed by atoms with Gasteiger partial charge in [0.25, 0.3) is 0 Å². The van der Waals surface area contributed by atoms with Crippen molar-refractivity contribution in [3.05, 3.63) is 53.9 Å². The summed E-state index contributed by atoms with van der Waals surface area (Å²) in [4.78, 5) is 15.4. The molecule has 4 rings (SSSR count). The van der Waals surface area contributed by atoms with Crippen molar-refractivity contribution in [2.24, 2.45) is 0 Å². The number of sulfone groups is 1. The Labute approximate surface area is 256 Å². The van der Waals surface area contributed by atoms with Crippen molar-refractivity contribution in [2.75, 3.05) is 43.4 Å². The van der Waals surface area contributed by atoms with Crippen LogP contribution in [0.3, 0.4) is 0 Å². The second kappa shape index (κ2) is 13.9. The van der Waals surface area contributed by atoms with Gasteiger partial charge in [-0.3, -0.25) is 0 Å². The quantitative estimate of drug-likeness (QED) is 0.200. The summed E-state index contributed by atoms with van der Waals surface area (Å²) in [6.07, 6.45) is 3.91. The summed E-state index contributed by atoms with van der Waals surface area (Å²) in [7, 11) is -0.459. The van der Waals surface area contributed by atoms with Crippen LogP contribution < -0.4 is 41.9 Å². The SMILES string of the molecule is COc1cc(C(C)C)c(Oc2cnc(N)nc2N)cc1S(C)(=O)=O.COc1ccc(Oc2cnc(N)nc2N)c(C(C)C)c1. The summed E-state index contributed by atoms with van der Waals surface area (Å²) in [5.41, 5.74) is 24.2. The van der Waals surface area contributed by atoms with Crippen molar-refractivity contribution >= 4 is 33.4 Å². The average Bonchev–Trinajstić information content (AvgIpc) is 2.95. The molecule has 0 amide bonds. The van der Waals surface area contributed by atoms with Crippen LogP contribution in [0, 0.1) is 0 Å². The number of benzene rings is 2. The average molecular weight is 627 g/mol. The molecule has 44 heavy (non-hydrogen) atoms. The largest absolute Gasteiger partial charge is 0.497 e. The Bertz CT molecular complexity index is 1730. The zero-order chi connectivity index (χ0) is 32.8. The van der Waals surface area contributed by atoms with Gasteiger partial charge in [0.15, 0.2) is 33.0 Å². The van der Waals surface area contributed by atoms with Crippen molar-refractivity contribution in [1.29, 1.82) is 0 Å². The van der Waals surface area contributed by atoms with Crippen molar-refractivity contribution in [1.82, 2.24) is 19.9 Å². The van der Waals surface area contributed by atoms with E-state index in [0.717, 1.165) is 23.1 Å². The fourth-order valence-electron chi connectivity index (χ4n) is 3.93. The fraction of sp³-hybridized carbons (Fsp3) is 0.310. The van der Waals surface area contributed by atoms with Gasteiger partial charge < -0.3 is 41.9 Å². The van der Waals surface area contributed by atoms with Crippen LogP contribution in [-0.2, 0) is 9.84 Å². The van der Waals surface area contributed by atoms with E-state index in [-0.39, 0.29) is 51.8 Å². The third-order valence-electron chi connectivity index (χ3n) is 6.20. The van der Waals surface area contributed by atoms with Gasteiger partial charge in [-0.1, -0.05) is 27.7 Å². The zero-order valence-corrected chi connectivity index (χ0v) is 26.5. The Morgan fingerprint density at radius 1 is 0.659 bits per heavy atom. The maximum atomic E-state index is 12.0. The van der Waals surface area contributed by atoms with E-state index in [0.29, 0.717) is 17.2 Å². The van der Waals surface area contributed by atoms with Crippen LogP contribution >= 0.6 is 0 Å². The molecule has 0 aliphatic carbocycles. The van der Waals surface area contributed by atoms with Crippen LogP contribution in [0.25, 0.3) is 0 Å². The summed E-state index contributed by atoms with van der Waals surface area (Å²) in [6.45, 7) is 8.05. The fourth-order valence-corrected chi connectivity index (χ4v) is 4.76. The Balaban J connectivity index is 0.000000244. The van der Waals surface area contributed by atoms with Gasteiger partial charge in [0.05, 0.1) is 26.6 Å². The molecule has 0 unspecified atom stereocenters. The summed E-state index contributed by atoms with van der Waals surface area (Å²) >= 11 is 0. The van der Waals surface area contributed by atoms with Gasteiger partial charge >= 0.3 is 0 Å². The van der Waals surface area contributed by atoms with Gasteiger partial charge in [-0.25, -0.2) is 18.4 Å². The van der Waals surface area contributed by atoms with E-state index in [1.165, 1.54) is 25.6 Å².